The molecule has 110 valence electrons. The summed E-state index contributed by atoms with van der Waals surface area (Å²) >= 11 is 0. The van der Waals surface area contributed by atoms with Crippen molar-refractivity contribution in [1.29, 1.82) is 0 Å². The average Bonchev–Trinajstić information content (AvgIpc) is 2.90. The molecule has 1 aromatic carbocycles. The summed E-state index contributed by atoms with van der Waals surface area (Å²) in [5.74, 6) is 0.920. The first kappa shape index (κ1) is 14.0. The van der Waals surface area contributed by atoms with Gasteiger partial charge in [0.15, 0.2) is 0 Å². The number of hydrogen-bond donors (Lipinski definition) is 1. The Labute approximate surface area is 126 Å². The number of likely N-dealkylation sites (tertiary alicyclic amines) is 1. The van der Waals surface area contributed by atoms with Crippen LogP contribution in [0.25, 0.3) is 0 Å². The van der Waals surface area contributed by atoms with Crippen LogP contribution in [0, 0.1) is 13.8 Å². The Morgan fingerprint density at radius 3 is 2.95 bits per heavy atom. The third-order valence-electron chi connectivity index (χ3n) is 4.10. The topological polar surface area (TPSA) is 41.0 Å². The minimum Gasteiger partial charge on any atom is -0.366 e. The highest BCUT2D eigenvalue weighted by molar-refractivity contribution is 5.34. The van der Waals surface area contributed by atoms with E-state index in [4.69, 9.17) is 0 Å². The van der Waals surface area contributed by atoms with Crippen molar-refractivity contribution in [2.45, 2.75) is 32.9 Å². The van der Waals surface area contributed by atoms with Crippen molar-refractivity contribution in [1.82, 2.24) is 14.9 Å². The van der Waals surface area contributed by atoms with Crippen molar-refractivity contribution in [3.05, 3.63) is 53.5 Å². The molecule has 1 fully saturated rings. The van der Waals surface area contributed by atoms with Gasteiger partial charge in [-0.15, -0.1) is 0 Å². The standard InChI is InChI=1S/C17H22N4/c1-13-3-4-15(14(2)9-13)10-21-8-6-16(11-21)20-17-5-7-18-12-19-17/h3-5,7,9,12,16H,6,8,10-11H2,1-2H3,(H,18,19,20). The van der Waals surface area contributed by atoms with E-state index in [2.05, 4.69) is 52.2 Å². The Balaban J connectivity index is 1.57. The molecular weight excluding hydrogens is 260 g/mol. The summed E-state index contributed by atoms with van der Waals surface area (Å²) < 4.78 is 0. The van der Waals surface area contributed by atoms with Crippen LogP contribution in [-0.2, 0) is 6.54 Å². The quantitative estimate of drug-likeness (QED) is 0.936. The lowest BCUT2D eigenvalue weighted by atomic mass is 10.1. The summed E-state index contributed by atoms with van der Waals surface area (Å²) in [5.41, 5.74) is 4.16. The van der Waals surface area contributed by atoms with E-state index in [0.717, 1.165) is 31.9 Å². The molecular formula is C17H22N4. The normalized spacial score (nSPS) is 18.9. The Hall–Kier alpha value is -1.94. The van der Waals surface area contributed by atoms with Crippen LogP contribution in [0.3, 0.4) is 0 Å². The van der Waals surface area contributed by atoms with Gasteiger partial charge in [0.1, 0.15) is 12.1 Å². The van der Waals surface area contributed by atoms with E-state index < -0.39 is 0 Å². The monoisotopic (exact) mass is 282 g/mol. The summed E-state index contributed by atoms with van der Waals surface area (Å²) in [6.45, 7) is 7.59. The van der Waals surface area contributed by atoms with Gasteiger partial charge in [-0.25, -0.2) is 9.97 Å². The van der Waals surface area contributed by atoms with Crippen LogP contribution in [0.1, 0.15) is 23.1 Å². The number of rotatable bonds is 4. The Kier molecular flexibility index (Phi) is 4.15. The van der Waals surface area contributed by atoms with Crippen molar-refractivity contribution < 1.29 is 0 Å². The Bertz CT molecular complexity index is 597. The van der Waals surface area contributed by atoms with Gasteiger partial charge in [0, 0.05) is 31.9 Å². The summed E-state index contributed by atoms with van der Waals surface area (Å²) in [5, 5.41) is 3.49. The molecule has 0 spiro atoms. The van der Waals surface area contributed by atoms with E-state index in [-0.39, 0.29) is 0 Å². The van der Waals surface area contributed by atoms with Crippen molar-refractivity contribution >= 4 is 5.82 Å². The van der Waals surface area contributed by atoms with Crippen LogP contribution in [-0.4, -0.2) is 34.0 Å². The van der Waals surface area contributed by atoms with Crippen molar-refractivity contribution in [3.8, 4) is 0 Å². The fourth-order valence-corrected chi connectivity index (χ4v) is 2.94. The summed E-state index contributed by atoms with van der Waals surface area (Å²) in [4.78, 5) is 10.7. The fraction of sp³-hybridized carbons (Fsp3) is 0.412. The van der Waals surface area contributed by atoms with Crippen LogP contribution in [0.5, 0.6) is 0 Å². The number of hydrogen-bond acceptors (Lipinski definition) is 4. The minimum absolute atomic E-state index is 0.477. The van der Waals surface area contributed by atoms with Gasteiger partial charge in [-0.3, -0.25) is 4.90 Å². The van der Waals surface area contributed by atoms with Gasteiger partial charge < -0.3 is 5.32 Å². The third kappa shape index (κ3) is 3.58. The predicted octanol–water partition coefficient (Wildman–Crippen LogP) is 2.78. The molecule has 1 saturated heterocycles. The molecule has 4 heteroatoms. The van der Waals surface area contributed by atoms with Crippen LogP contribution in [0.15, 0.2) is 36.8 Å². The zero-order chi connectivity index (χ0) is 14.7. The van der Waals surface area contributed by atoms with Gasteiger partial charge in [0.05, 0.1) is 0 Å². The molecule has 0 bridgehead atoms. The molecule has 0 radical (unpaired) electrons. The van der Waals surface area contributed by atoms with Crippen molar-refractivity contribution in [3.63, 3.8) is 0 Å². The maximum atomic E-state index is 4.23. The van der Waals surface area contributed by atoms with E-state index in [1.165, 1.54) is 16.7 Å². The third-order valence-corrected chi connectivity index (χ3v) is 4.10. The second-order valence-corrected chi connectivity index (χ2v) is 5.89. The zero-order valence-electron chi connectivity index (χ0n) is 12.7. The Morgan fingerprint density at radius 1 is 1.29 bits per heavy atom. The number of nitrogens with one attached hydrogen (secondary N) is 1. The maximum absolute atomic E-state index is 4.23. The highest BCUT2D eigenvalue weighted by atomic mass is 15.2. The number of anilines is 1. The highest BCUT2D eigenvalue weighted by Crippen LogP contribution is 2.19. The van der Waals surface area contributed by atoms with E-state index in [1.807, 2.05) is 6.07 Å². The number of nitrogens with zero attached hydrogens (tertiary/aromatic N) is 3. The SMILES string of the molecule is Cc1ccc(CN2CCC(Nc3ccncn3)C2)c(C)c1. The highest BCUT2D eigenvalue weighted by Gasteiger charge is 2.22. The van der Waals surface area contributed by atoms with E-state index in [0.29, 0.717) is 6.04 Å². The number of aryl methyl sites for hydroxylation is 2. The lowest BCUT2D eigenvalue weighted by molar-refractivity contribution is 0.328. The molecule has 0 amide bonds. The molecule has 1 unspecified atom stereocenters. The molecule has 0 aliphatic carbocycles. The first-order valence-corrected chi connectivity index (χ1v) is 7.52. The van der Waals surface area contributed by atoms with Crippen LogP contribution in [0.4, 0.5) is 5.82 Å². The van der Waals surface area contributed by atoms with Gasteiger partial charge in [0.2, 0.25) is 0 Å². The molecule has 1 aliphatic heterocycles. The largest absolute Gasteiger partial charge is 0.366 e. The van der Waals surface area contributed by atoms with Crippen LogP contribution < -0.4 is 5.32 Å². The minimum atomic E-state index is 0.477. The number of aromatic nitrogens is 2. The van der Waals surface area contributed by atoms with Crippen molar-refractivity contribution in [2.75, 3.05) is 18.4 Å². The van der Waals surface area contributed by atoms with Crippen molar-refractivity contribution in [2.24, 2.45) is 0 Å². The van der Waals surface area contributed by atoms with Crippen LogP contribution in [0.2, 0.25) is 0 Å². The summed E-state index contributed by atoms with van der Waals surface area (Å²) in [7, 11) is 0. The Morgan fingerprint density at radius 2 is 2.19 bits per heavy atom. The van der Waals surface area contributed by atoms with Gasteiger partial charge in [0.25, 0.3) is 0 Å². The van der Waals surface area contributed by atoms with Crippen LogP contribution >= 0.6 is 0 Å². The molecule has 1 aromatic heterocycles. The second kappa shape index (κ2) is 6.22. The molecule has 1 N–H and O–H groups in total. The second-order valence-electron chi connectivity index (χ2n) is 5.89. The molecule has 0 saturated carbocycles. The first-order chi connectivity index (χ1) is 10.2. The van der Waals surface area contributed by atoms with Gasteiger partial charge >= 0.3 is 0 Å². The zero-order valence-corrected chi connectivity index (χ0v) is 12.7. The lowest BCUT2D eigenvalue weighted by Crippen LogP contribution is -2.26. The number of benzene rings is 1. The molecule has 1 aliphatic rings. The molecule has 4 nitrogen and oxygen atoms in total. The molecule has 3 rings (SSSR count). The van der Waals surface area contributed by atoms with E-state index in [9.17, 15) is 0 Å². The van der Waals surface area contributed by atoms with E-state index >= 15 is 0 Å². The summed E-state index contributed by atoms with van der Waals surface area (Å²) in [6, 6.07) is 9.13. The smallest absolute Gasteiger partial charge is 0.129 e. The summed E-state index contributed by atoms with van der Waals surface area (Å²) in [6.07, 6.45) is 4.53. The van der Waals surface area contributed by atoms with E-state index in [1.54, 1.807) is 12.5 Å². The molecule has 2 aromatic rings. The van der Waals surface area contributed by atoms with Gasteiger partial charge in [-0.2, -0.15) is 0 Å². The average molecular weight is 282 g/mol. The van der Waals surface area contributed by atoms with Gasteiger partial charge in [-0.05, 0) is 37.5 Å². The molecule has 1 atom stereocenters. The van der Waals surface area contributed by atoms with Gasteiger partial charge in [-0.1, -0.05) is 23.8 Å². The maximum Gasteiger partial charge on any atom is 0.129 e. The first-order valence-electron chi connectivity index (χ1n) is 7.52. The molecule has 21 heavy (non-hydrogen) atoms. The molecule has 2 heterocycles. The predicted molar refractivity (Wildman–Crippen MR) is 85.3 cm³/mol. The fourth-order valence-electron chi connectivity index (χ4n) is 2.94. The lowest BCUT2D eigenvalue weighted by Gasteiger charge is -2.18.